The van der Waals surface area contributed by atoms with Gasteiger partial charge in [-0.05, 0) is 6.07 Å². The van der Waals surface area contributed by atoms with Crippen LogP contribution in [-0.2, 0) is 6.54 Å². The molecule has 0 aliphatic heterocycles. The van der Waals surface area contributed by atoms with Gasteiger partial charge in [-0.3, -0.25) is 10.1 Å². The Balaban J connectivity index is 2.12. The molecule has 0 unspecified atom stereocenters. The second kappa shape index (κ2) is 4.71. The second-order valence-corrected chi connectivity index (χ2v) is 3.83. The summed E-state index contributed by atoms with van der Waals surface area (Å²) in [6, 6.07) is 6.57. The van der Waals surface area contributed by atoms with Crippen LogP contribution in [0.4, 0.5) is 11.4 Å². The van der Waals surface area contributed by atoms with Gasteiger partial charge in [-0.25, -0.2) is 4.98 Å². The Hall–Kier alpha value is -1.95. The molecule has 0 atom stereocenters. The molecule has 1 aromatic heterocycles. The first-order valence-electron chi connectivity index (χ1n) is 4.62. The van der Waals surface area contributed by atoms with Crippen LogP contribution < -0.4 is 5.32 Å². The van der Waals surface area contributed by atoms with Crippen molar-refractivity contribution in [2.24, 2.45) is 0 Å². The Labute approximate surface area is 95.9 Å². The summed E-state index contributed by atoms with van der Waals surface area (Å²) in [4.78, 5) is 14.4. The average molecular weight is 235 g/mol. The van der Waals surface area contributed by atoms with Crippen molar-refractivity contribution < 1.29 is 4.92 Å². The summed E-state index contributed by atoms with van der Waals surface area (Å²) in [6.45, 7) is 0.494. The lowest BCUT2D eigenvalue weighted by atomic mass is 10.2. The highest BCUT2D eigenvalue weighted by Gasteiger charge is 2.11. The van der Waals surface area contributed by atoms with Crippen LogP contribution in [0, 0.1) is 10.1 Å². The van der Waals surface area contributed by atoms with Crippen LogP contribution in [0.5, 0.6) is 0 Å². The van der Waals surface area contributed by atoms with E-state index in [0.717, 1.165) is 5.69 Å². The highest BCUT2D eigenvalue weighted by Crippen LogP contribution is 2.23. The third-order valence-electron chi connectivity index (χ3n) is 2.04. The first kappa shape index (κ1) is 10.6. The molecule has 0 bridgehead atoms. The summed E-state index contributed by atoms with van der Waals surface area (Å²) in [5.41, 5.74) is 3.21. The third-order valence-corrected chi connectivity index (χ3v) is 2.68. The lowest BCUT2D eigenvalue weighted by molar-refractivity contribution is -0.384. The smallest absolute Gasteiger partial charge is 0.292 e. The van der Waals surface area contributed by atoms with E-state index < -0.39 is 4.92 Å². The number of para-hydroxylation sites is 2. The lowest BCUT2D eigenvalue weighted by Crippen LogP contribution is -2.02. The van der Waals surface area contributed by atoms with Crippen molar-refractivity contribution in [3.05, 3.63) is 51.0 Å². The summed E-state index contributed by atoms with van der Waals surface area (Å²) in [6.07, 6.45) is 0. The van der Waals surface area contributed by atoms with Crippen molar-refractivity contribution >= 4 is 22.7 Å². The topological polar surface area (TPSA) is 68.1 Å². The molecule has 0 spiro atoms. The van der Waals surface area contributed by atoms with E-state index in [0.29, 0.717) is 12.2 Å². The molecular weight excluding hydrogens is 226 g/mol. The number of nitrogens with zero attached hydrogens (tertiary/aromatic N) is 2. The Morgan fingerprint density at radius 1 is 1.44 bits per heavy atom. The molecule has 0 amide bonds. The molecule has 0 fully saturated rings. The van der Waals surface area contributed by atoms with Crippen molar-refractivity contribution in [1.82, 2.24) is 4.98 Å². The quantitative estimate of drug-likeness (QED) is 0.653. The molecule has 82 valence electrons. The number of hydrogen-bond acceptors (Lipinski definition) is 5. The van der Waals surface area contributed by atoms with E-state index in [2.05, 4.69) is 10.3 Å². The molecule has 1 aromatic carbocycles. The zero-order valence-electron chi connectivity index (χ0n) is 8.29. The minimum absolute atomic E-state index is 0.0812. The minimum Gasteiger partial charge on any atom is -0.374 e. The molecule has 5 nitrogen and oxygen atoms in total. The van der Waals surface area contributed by atoms with Gasteiger partial charge < -0.3 is 5.32 Å². The van der Waals surface area contributed by atoms with Crippen LogP contribution in [0.1, 0.15) is 5.69 Å². The Bertz CT molecular complexity index is 485. The number of nitro groups is 1. The number of rotatable bonds is 4. The van der Waals surface area contributed by atoms with Crippen molar-refractivity contribution in [2.75, 3.05) is 5.32 Å². The van der Waals surface area contributed by atoms with Crippen LogP contribution in [0.15, 0.2) is 35.2 Å². The average Bonchev–Trinajstić information content (AvgIpc) is 2.79. The van der Waals surface area contributed by atoms with Gasteiger partial charge in [0.1, 0.15) is 5.69 Å². The maximum atomic E-state index is 10.7. The van der Waals surface area contributed by atoms with Crippen LogP contribution in [0.2, 0.25) is 0 Å². The molecule has 0 radical (unpaired) electrons. The fourth-order valence-electron chi connectivity index (χ4n) is 1.29. The van der Waals surface area contributed by atoms with Gasteiger partial charge in [-0.1, -0.05) is 12.1 Å². The van der Waals surface area contributed by atoms with E-state index >= 15 is 0 Å². The third kappa shape index (κ3) is 2.34. The van der Waals surface area contributed by atoms with Gasteiger partial charge in [-0.2, -0.15) is 0 Å². The number of aromatic nitrogens is 1. The molecule has 2 aromatic rings. The standard InChI is InChI=1S/C10H9N3O2S/c14-13(15)10-4-2-1-3-9(10)11-5-8-6-16-7-12-8/h1-4,6-7,11H,5H2. The van der Waals surface area contributed by atoms with Gasteiger partial charge in [0.15, 0.2) is 0 Å². The monoisotopic (exact) mass is 235 g/mol. The molecule has 1 heterocycles. The number of benzene rings is 1. The van der Waals surface area contributed by atoms with Gasteiger partial charge >= 0.3 is 0 Å². The summed E-state index contributed by atoms with van der Waals surface area (Å²) in [7, 11) is 0. The van der Waals surface area contributed by atoms with Crippen LogP contribution in [0.3, 0.4) is 0 Å². The molecule has 6 heteroatoms. The summed E-state index contributed by atoms with van der Waals surface area (Å²) in [5, 5.41) is 15.6. The number of nitro benzene ring substituents is 1. The van der Waals surface area contributed by atoms with Crippen molar-refractivity contribution in [2.45, 2.75) is 6.54 Å². The molecular formula is C10H9N3O2S. The number of anilines is 1. The van der Waals surface area contributed by atoms with Crippen molar-refractivity contribution in [1.29, 1.82) is 0 Å². The Kier molecular flexibility index (Phi) is 3.11. The lowest BCUT2D eigenvalue weighted by Gasteiger charge is -2.04. The molecule has 0 aliphatic rings. The highest BCUT2D eigenvalue weighted by atomic mass is 32.1. The fourth-order valence-corrected chi connectivity index (χ4v) is 1.85. The summed E-state index contributed by atoms with van der Waals surface area (Å²) >= 11 is 1.50. The Morgan fingerprint density at radius 2 is 2.25 bits per heavy atom. The van der Waals surface area contributed by atoms with Gasteiger partial charge in [0.25, 0.3) is 5.69 Å². The highest BCUT2D eigenvalue weighted by molar-refractivity contribution is 7.07. The van der Waals surface area contributed by atoms with E-state index in [1.807, 2.05) is 5.38 Å². The number of thiazole rings is 1. The fraction of sp³-hybridized carbons (Fsp3) is 0.100. The molecule has 1 N–H and O–H groups in total. The van der Waals surface area contributed by atoms with Gasteiger partial charge in [-0.15, -0.1) is 11.3 Å². The summed E-state index contributed by atoms with van der Waals surface area (Å²) < 4.78 is 0. The van der Waals surface area contributed by atoms with Gasteiger partial charge in [0, 0.05) is 11.4 Å². The molecule has 16 heavy (non-hydrogen) atoms. The number of nitrogens with one attached hydrogen (secondary N) is 1. The predicted molar refractivity (Wildman–Crippen MR) is 62.5 cm³/mol. The van der Waals surface area contributed by atoms with Gasteiger partial charge in [0.2, 0.25) is 0 Å². The molecule has 0 aliphatic carbocycles. The molecule has 0 saturated carbocycles. The van der Waals surface area contributed by atoms with E-state index in [1.54, 1.807) is 23.7 Å². The van der Waals surface area contributed by atoms with E-state index in [1.165, 1.54) is 17.4 Å². The molecule has 0 saturated heterocycles. The van der Waals surface area contributed by atoms with Crippen LogP contribution >= 0.6 is 11.3 Å². The number of hydrogen-bond donors (Lipinski definition) is 1. The van der Waals surface area contributed by atoms with Crippen molar-refractivity contribution in [3.8, 4) is 0 Å². The minimum atomic E-state index is -0.399. The molecule has 2 rings (SSSR count). The van der Waals surface area contributed by atoms with Gasteiger partial charge in [0.05, 0.1) is 22.7 Å². The first-order valence-corrected chi connectivity index (χ1v) is 5.56. The zero-order valence-corrected chi connectivity index (χ0v) is 9.11. The van der Waals surface area contributed by atoms with E-state index in [9.17, 15) is 10.1 Å². The maximum absolute atomic E-state index is 10.7. The largest absolute Gasteiger partial charge is 0.374 e. The van der Waals surface area contributed by atoms with Crippen molar-refractivity contribution in [3.63, 3.8) is 0 Å². The van der Waals surface area contributed by atoms with E-state index in [-0.39, 0.29) is 5.69 Å². The van der Waals surface area contributed by atoms with E-state index in [4.69, 9.17) is 0 Å². The second-order valence-electron chi connectivity index (χ2n) is 3.11. The SMILES string of the molecule is O=[N+]([O-])c1ccccc1NCc1cscn1. The Morgan fingerprint density at radius 3 is 2.94 bits per heavy atom. The predicted octanol–water partition coefficient (Wildman–Crippen LogP) is 2.66. The first-order chi connectivity index (χ1) is 7.77. The maximum Gasteiger partial charge on any atom is 0.292 e. The zero-order chi connectivity index (χ0) is 11.4. The van der Waals surface area contributed by atoms with Crippen LogP contribution in [-0.4, -0.2) is 9.91 Å². The normalized spacial score (nSPS) is 10.0. The summed E-state index contributed by atoms with van der Waals surface area (Å²) in [5.74, 6) is 0. The van der Waals surface area contributed by atoms with Crippen LogP contribution in [0.25, 0.3) is 0 Å².